The highest BCUT2D eigenvalue weighted by Gasteiger charge is 2.11. The number of nitrogens with one attached hydrogen (secondary N) is 1. The second-order valence-corrected chi connectivity index (χ2v) is 5.38. The van der Waals surface area contributed by atoms with Crippen LogP contribution in [0.2, 0.25) is 0 Å². The third-order valence-electron chi connectivity index (χ3n) is 3.77. The summed E-state index contributed by atoms with van der Waals surface area (Å²) in [5, 5.41) is 7.23. The van der Waals surface area contributed by atoms with Gasteiger partial charge in [0.05, 0.1) is 0 Å². The number of hydrogen-bond acceptors (Lipinski definition) is 3. The van der Waals surface area contributed by atoms with Crippen molar-refractivity contribution in [3.63, 3.8) is 0 Å². The second-order valence-electron chi connectivity index (χ2n) is 5.38. The third kappa shape index (κ3) is 2.65. The maximum atomic E-state index is 12.3. The van der Waals surface area contributed by atoms with Crippen LogP contribution in [0.3, 0.4) is 0 Å². The summed E-state index contributed by atoms with van der Waals surface area (Å²) in [7, 11) is 0. The highest BCUT2D eigenvalue weighted by Crippen LogP contribution is 2.14. The van der Waals surface area contributed by atoms with E-state index in [-0.39, 0.29) is 5.91 Å². The second kappa shape index (κ2) is 6.00. The van der Waals surface area contributed by atoms with Gasteiger partial charge in [0.1, 0.15) is 5.82 Å². The van der Waals surface area contributed by atoms with Crippen molar-refractivity contribution in [2.24, 2.45) is 0 Å². The van der Waals surface area contributed by atoms with Gasteiger partial charge in [-0.2, -0.15) is 5.10 Å². The maximum absolute atomic E-state index is 12.3. The van der Waals surface area contributed by atoms with E-state index in [1.807, 2.05) is 53.1 Å². The van der Waals surface area contributed by atoms with Gasteiger partial charge in [-0.05, 0) is 42.0 Å². The molecule has 0 aromatic carbocycles. The largest absolute Gasteiger partial charge is 0.347 e. The summed E-state index contributed by atoms with van der Waals surface area (Å²) in [6, 6.07) is 15.4. The first-order valence-electron chi connectivity index (χ1n) is 7.60. The molecule has 0 saturated heterocycles. The van der Waals surface area contributed by atoms with Gasteiger partial charge in [0.2, 0.25) is 0 Å². The zero-order valence-electron chi connectivity index (χ0n) is 12.8. The summed E-state index contributed by atoms with van der Waals surface area (Å²) in [6.45, 7) is 0.424. The number of hydrogen-bond donors (Lipinski definition) is 1. The molecule has 0 aliphatic heterocycles. The smallest absolute Gasteiger partial charge is 0.272 e. The lowest BCUT2D eigenvalue weighted by Gasteiger charge is -2.04. The van der Waals surface area contributed by atoms with Gasteiger partial charge in [-0.3, -0.25) is 9.78 Å². The Bertz CT molecular complexity index is 987. The molecule has 0 atom stereocenters. The minimum absolute atomic E-state index is 0.210. The molecule has 0 unspecified atom stereocenters. The van der Waals surface area contributed by atoms with Crippen LogP contribution in [0.4, 0.5) is 0 Å². The fourth-order valence-electron chi connectivity index (χ4n) is 2.58. The van der Waals surface area contributed by atoms with E-state index in [9.17, 15) is 4.79 Å². The van der Waals surface area contributed by atoms with Crippen LogP contribution in [0.25, 0.3) is 11.3 Å². The number of nitrogens with zero attached hydrogens (tertiary/aromatic N) is 4. The van der Waals surface area contributed by atoms with Crippen molar-refractivity contribution in [1.29, 1.82) is 0 Å². The van der Waals surface area contributed by atoms with Crippen molar-refractivity contribution in [3.05, 3.63) is 84.6 Å². The van der Waals surface area contributed by atoms with E-state index < -0.39 is 0 Å². The molecule has 0 aliphatic carbocycles. The average molecular weight is 317 g/mol. The number of amides is 1. The molecule has 0 aliphatic rings. The van der Waals surface area contributed by atoms with E-state index in [1.54, 1.807) is 29.3 Å². The van der Waals surface area contributed by atoms with Crippen molar-refractivity contribution < 1.29 is 4.79 Å². The standard InChI is InChI=1S/C18H15N5O/c24-18(20-13-14-4-3-9-19-12-14)16-8-11-23(21-16)17-7-6-15-5-1-2-10-22(15)17/h1-12H,13H2,(H,20,24). The molecule has 0 saturated carbocycles. The first-order chi connectivity index (χ1) is 11.8. The molecule has 0 bridgehead atoms. The Labute approximate surface area is 138 Å². The van der Waals surface area contributed by atoms with Gasteiger partial charge in [-0.25, -0.2) is 4.68 Å². The molecule has 1 amide bonds. The summed E-state index contributed by atoms with van der Waals surface area (Å²) in [6.07, 6.45) is 7.18. The number of carbonyl (C=O) groups is 1. The molecule has 0 fully saturated rings. The van der Waals surface area contributed by atoms with Crippen molar-refractivity contribution in [3.8, 4) is 5.82 Å². The Morgan fingerprint density at radius 2 is 2.00 bits per heavy atom. The Morgan fingerprint density at radius 3 is 2.88 bits per heavy atom. The zero-order chi connectivity index (χ0) is 16.4. The normalized spacial score (nSPS) is 10.8. The van der Waals surface area contributed by atoms with Gasteiger partial charge in [-0.15, -0.1) is 0 Å². The van der Waals surface area contributed by atoms with Gasteiger partial charge in [0.15, 0.2) is 5.69 Å². The predicted octanol–water partition coefficient (Wildman–Crippen LogP) is 2.45. The molecule has 118 valence electrons. The van der Waals surface area contributed by atoms with Crippen molar-refractivity contribution in [2.45, 2.75) is 6.54 Å². The minimum Gasteiger partial charge on any atom is -0.347 e. The van der Waals surface area contributed by atoms with E-state index in [2.05, 4.69) is 15.4 Å². The SMILES string of the molecule is O=C(NCc1cccnc1)c1ccn(-c2ccc3ccccn23)n1. The van der Waals surface area contributed by atoms with Crippen LogP contribution in [0, 0.1) is 0 Å². The van der Waals surface area contributed by atoms with E-state index >= 15 is 0 Å². The first-order valence-corrected chi connectivity index (χ1v) is 7.60. The maximum Gasteiger partial charge on any atom is 0.272 e. The minimum atomic E-state index is -0.210. The van der Waals surface area contributed by atoms with Gasteiger partial charge >= 0.3 is 0 Å². The fourth-order valence-corrected chi connectivity index (χ4v) is 2.58. The molecule has 1 N–H and O–H groups in total. The molecule has 6 heteroatoms. The van der Waals surface area contributed by atoms with Crippen LogP contribution in [0.15, 0.2) is 73.3 Å². The van der Waals surface area contributed by atoms with Crippen molar-refractivity contribution in [1.82, 2.24) is 24.5 Å². The molecular weight excluding hydrogens is 302 g/mol. The lowest BCUT2D eigenvalue weighted by atomic mass is 10.3. The number of rotatable bonds is 4. The number of carbonyl (C=O) groups excluding carboxylic acids is 1. The first kappa shape index (κ1) is 14.2. The quantitative estimate of drug-likeness (QED) is 0.629. The van der Waals surface area contributed by atoms with Crippen molar-refractivity contribution >= 4 is 11.4 Å². The summed E-state index contributed by atoms with van der Waals surface area (Å²) < 4.78 is 3.72. The van der Waals surface area contributed by atoms with Crippen LogP contribution >= 0.6 is 0 Å². The van der Waals surface area contributed by atoms with Crippen LogP contribution in [-0.4, -0.2) is 25.1 Å². The molecular formula is C18H15N5O. The van der Waals surface area contributed by atoms with Crippen LogP contribution < -0.4 is 5.32 Å². The van der Waals surface area contributed by atoms with E-state index in [1.165, 1.54) is 0 Å². The average Bonchev–Trinajstić information content (AvgIpc) is 3.27. The van der Waals surface area contributed by atoms with Crippen LogP contribution in [0.5, 0.6) is 0 Å². The molecule has 4 aromatic heterocycles. The van der Waals surface area contributed by atoms with Gasteiger partial charge in [0.25, 0.3) is 5.91 Å². The highest BCUT2D eigenvalue weighted by molar-refractivity contribution is 5.92. The Kier molecular flexibility index (Phi) is 3.55. The lowest BCUT2D eigenvalue weighted by molar-refractivity contribution is 0.0945. The monoisotopic (exact) mass is 317 g/mol. The summed E-state index contributed by atoms with van der Waals surface area (Å²) in [4.78, 5) is 16.3. The molecule has 0 spiro atoms. The fraction of sp³-hybridized carbons (Fsp3) is 0.0556. The van der Waals surface area contributed by atoms with E-state index in [0.717, 1.165) is 16.9 Å². The van der Waals surface area contributed by atoms with Crippen molar-refractivity contribution in [2.75, 3.05) is 0 Å². The van der Waals surface area contributed by atoms with Gasteiger partial charge in [-0.1, -0.05) is 12.1 Å². The summed E-state index contributed by atoms with van der Waals surface area (Å²) in [5.74, 6) is 0.676. The predicted molar refractivity (Wildman–Crippen MR) is 89.9 cm³/mol. The van der Waals surface area contributed by atoms with Gasteiger partial charge < -0.3 is 9.72 Å². The molecule has 4 rings (SSSR count). The summed E-state index contributed by atoms with van der Waals surface area (Å²) in [5.41, 5.74) is 2.40. The van der Waals surface area contributed by atoms with E-state index in [4.69, 9.17) is 0 Å². The lowest BCUT2D eigenvalue weighted by Crippen LogP contribution is -2.23. The van der Waals surface area contributed by atoms with Gasteiger partial charge in [0, 0.05) is 36.8 Å². The van der Waals surface area contributed by atoms with E-state index in [0.29, 0.717) is 12.2 Å². The number of aromatic nitrogens is 4. The third-order valence-corrected chi connectivity index (χ3v) is 3.77. The Balaban J connectivity index is 1.53. The Hall–Kier alpha value is -3.41. The number of fused-ring (bicyclic) bond motifs is 1. The molecule has 4 heterocycles. The van der Waals surface area contributed by atoms with Crippen LogP contribution in [0.1, 0.15) is 16.1 Å². The Morgan fingerprint density at radius 1 is 1.04 bits per heavy atom. The molecule has 6 nitrogen and oxygen atoms in total. The molecule has 0 radical (unpaired) electrons. The zero-order valence-corrected chi connectivity index (χ0v) is 12.8. The van der Waals surface area contributed by atoms with Crippen LogP contribution in [-0.2, 0) is 6.54 Å². The molecule has 4 aromatic rings. The summed E-state index contributed by atoms with van der Waals surface area (Å²) >= 11 is 0. The number of pyridine rings is 2. The molecule has 24 heavy (non-hydrogen) atoms. The topological polar surface area (TPSA) is 64.2 Å². The highest BCUT2D eigenvalue weighted by atomic mass is 16.1.